The Bertz CT molecular complexity index is 261. The zero-order valence-corrected chi connectivity index (χ0v) is 6.66. The van der Waals surface area contributed by atoms with Crippen molar-refractivity contribution in [2.45, 2.75) is 13.8 Å². The van der Waals surface area contributed by atoms with Crippen molar-refractivity contribution >= 4 is 11.4 Å². The summed E-state index contributed by atoms with van der Waals surface area (Å²) in [6.45, 7) is 7.37. The van der Waals surface area contributed by atoms with E-state index in [2.05, 4.69) is 16.7 Å². The number of aliphatic imine (C=N–C) groups is 1. The first-order chi connectivity index (χ1) is 5.25. The summed E-state index contributed by atoms with van der Waals surface area (Å²) in [4.78, 5) is 8.89. The first-order valence-corrected chi connectivity index (χ1v) is 3.36. The van der Waals surface area contributed by atoms with Crippen LogP contribution in [0.2, 0.25) is 0 Å². The minimum atomic E-state index is 0.514. The van der Waals surface area contributed by atoms with E-state index in [4.69, 9.17) is 4.84 Å². The van der Waals surface area contributed by atoms with E-state index >= 15 is 0 Å². The Balaban J connectivity index is 2.85. The smallest absolute Gasteiger partial charge is 0.178 e. The van der Waals surface area contributed by atoms with E-state index in [9.17, 15) is 0 Å². The molecule has 0 unspecified atom stereocenters. The van der Waals surface area contributed by atoms with Gasteiger partial charge >= 0.3 is 0 Å². The number of oxime groups is 1. The SMILES string of the molecule is C=C1ON=C(C)C1=N/C=C\C. The van der Waals surface area contributed by atoms with E-state index in [0.29, 0.717) is 5.76 Å². The number of rotatable bonds is 1. The van der Waals surface area contributed by atoms with Crippen molar-refractivity contribution in [3.63, 3.8) is 0 Å². The topological polar surface area (TPSA) is 34.0 Å². The van der Waals surface area contributed by atoms with Gasteiger partial charge in [-0.15, -0.1) is 0 Å². The normalized spacial score (nSPS) is 21.1. The second kappa shape index (κ2) is 3.14. The molecule has 0 spiro atoms. The van der Waals surface area contributed by atoms with Crippen LogP contribution in [0.1, 0.15) is 13.8 Å². The van der Waals surface area contributed by atoms with Crippen LogP contribution in [0.15, 0.2) is 34.8 Å². The molecule has 0 atom stereocenters. The minimum absolute atomic E-state index is 0.514. The number of hydrogen-bond donors (Lipinski definition) is 0. The summed E-state index contributed by atoms with van der Waals surface area (Å²) in [5.41, 5.74) is 1.50. The largest absolute Gasteiger partial charge is 0.355 e. The Hall–Kier alpha value is -1.38. The quantitative estimate of drug-likeness (QED) is 0.562. The average molecular weight is 150 g/mol. The zero-order valence-electron chi connectivity index (χ0n) is 6.66. The number of allylic oxidation sites excluding steroid dienone is 2. The van der Waals surface area contributed by atoms with Crippen LogP contribution in [-0.2, 0) is 4.84 Å². The van der Waals surface area contributed by atoms with E-state index in [1.807, 2.05) is 19.9 Å². The third kappa shape index (κ3) is 1.55. The fourth-order valence-electron chi connectivity index (χ4n) is 0.726. The molecule has 0 aliphatic carbocycles. The van der Waals surface area contributed by atoms with Crippen LogP contribution in [0.25, 0.3) is 0 Å². The molecule has 3 nitrogen and oxygen atoms in total. The van der Waals surface area contributed by atoms with Gasteiger partial charge in [0.25, 0.3) is 0 Å². The minimum Gasteiger partial charge on any atom is -0.355 e. The highest BCUT2D eigenvalue weighted by Gasteiger charge is 2.16. The van der Waals surface area contributed by atoms with Crippen LogP contribution in [0, 0.1) is 0 Å². The van der Waals surface area contributed by atoms with Gasteiger partial charge in [-0.25, -0.2) is 0 Å². The van der Waals surface area contributed by atoms with E-state index in [0.717, 1.165) is 11.4 Å². The third-order valence-electron chi connectivity index (χ3n) is 1.25. The van der Waals surface area contributed by atoms with Crippen molar-refractivity contribution in [1.29, 1.82) is 0 Å². The van der Waals surface area contributed by atoms with Crippen molar-refractivity contribution in [3.8, 4) is 0 Å². The van der Waals surface area contributed by atoms with E-state index in [1.54, 1.807) is 6.20 Å². The molecular weight excluding hydrogens is 140 g/mol. The molecule has 58 valence electrons. The Morgan fingerprint density at radius 2 is 2.36 bits per heavy atom. The molecule has 0 radical (unpaired) electrons. The van der Waals surface area contributed by atoms with Gasteiger partial charge in [-0.1, -0.05) is 17.8 Å². The Morgan fingerprint density at radius 3 is 2.82 bits per heavy atom. The number of hydrogen-bond acceptors (Lipinski definition) is 3. The summed E-state index contributed by atoms with van der Waals surface area (Å²) in [6, 6.07) is 0. The highest BCUT2D eigenvalue weighted by Crippen LogP contribution is 2.09. The monoisotopic (exact) mass is 150 g/mol. The van der Waals surface area contributed by atoms with Crippen molar-refractivity contribution in [2.24, 2.45) is 10.1 Å². The van der Waals surface area contributed by atoms with Crippen LogP contribution in [0.3, 0.4) is 0 Å². The van der Waals surface area contributed by atoms with E-state index < -0.39 is 0 Å². The van der Waals surface area contributed by atoms with Gasteiger partial charge in [0, 0.05) is 6.20 Å². The van der Waals surface area contributed by atoms with Gasteiger partial charge < -0.3 is 4.84 Å². The Kier molecular flexibility index (Phi) is 2.21. The van der Waals surface area contributed by atoms with Crippen LogP contribution >= 0.6 is 0 Å². The third-order valence-corrected chi connectivity index (χ3v) is 1.25. The van der Waals surface area contributed by atoms with Gasteiger partial charge in [-0.3, -0.25) is 4.99 Å². The number of nitrogens with zero attached hydrogens (tertiary/aromatic N) is 2. The first kappa shape index (κ1) is 7.72. The van der Waals surface area contributed by atoms with Crippen molar-refractivity contribution in [3.05, 3.63) is 24.6 Å². The summed E-state index contributed by atoms with van der Waals surface area (Å²) in [5.74, 6) is 0.514. The summed E-state index contributed by atoms with van der Waals surface area (Å²) in [6.07, 6.45) is 3.53. The van der Waals surface area contributed by atoms with E-state index in [-0.39, 0.29) is 0 Å². The van der Waals surface area contributed by atoms with Crippen molar-refractivity contribution in [2.75, 3.05) is 0 Å². The van der Waals surface area contributed by atoms with Gasteiger partial charge in [-0.05, 0) is 13.8 Å². The van der Waals surface area contributed by atoms with Crippen LogP contribution < -0.4 is 0 Å². The lowest BCUT2D eigenvalue weighted by Crippen LogP contribution is -2.05. The van der Waals surface area contributed by atoms with Gasteiger partial charge in [-0.2, -0.15) is 0 Å². The lowest BCUT2D eigenvalue weighted by molar-refractivity contribution is 0.260. The predicted octanol–water partition coefficient (Wildman–Crippen LogP) is 1.88. The maximum Gasteiger partial charge on any atom is 0.178 e. The van der Waals surface area contributed by atoms with E-state index in [1.165, 1.54) is 0 Å². The fourth-order valence-corrected chi connectivity index (χ4v) is 0.726. The van der Waals surface area contributed by atoms with Crippen molar-refractivity contribution < 1.29 is 4.84 Å². The molecule has 0 saturated carbocycles. The molecular formula is C8H10N2O. The summed E-state index contributed by atoms with van der Waals surface area (Å²) in [5, 5.41) is 3.70. The van der Waals surface area contributed by atoms with Gasteiger partial charge in [0.2, 0.25) is 0 Å². The molecule has 1 rings (SSSR count). The van der Waals surface area contributed by atoms with Gasteiger partial charge in [0.05, 0.1) is 0 Å². The van der Waals surface area contributed by atoms with Crippen molar-refractivity contribution in [1.82, 2.24) is 0 Å². The second-order valence-corrected chi connectivity index (χ2v) is 2.15. The Labute approximate surface area is 65.8 Å². The molecule has 11 heavy (non-hydrogen) atoms. The molecule has 1 heterocycles. The molecule has 0 N–H and O–H groups in total. The fraction of sp³-hybridized carbons (Fsp3) is 0.250. The summed E-state index contributed by atoms with van der Waals surface area (Å²) < 4.78 is 0. The molecule has 3 heteroatoms. The van der Waals surface area contributed by atoms with Crippen LogP contribution in [-0.4, -0.2) is 11.4 Å². The second-order valence-electron chi connectivity index (χ2n) is 2.15. The first-order valence-electron chi connectivity index (χ1n) is 3.36. The molecule has 0 amide bonds. The highest BCUT2D eigenvalue weighted by atomic mass is 16.6. The molecule has 0 aromatic carbocycles. The predicted molar refractivity (Wildman–Crippen MR) is 45.6 cm³/mol. The molecule has 1 aliphatic rings. The average Bonchev–Trinajstić information content (AvgIpc) is 2.29. The highest BCUT2D eigenvalue weighted by molar-refractivity contribution is 6.48. The Morgan fingerprint density at radius 1 is 1.64 bits per heavy atom. The van der Waals surface area contributed by atoms with Gasteiger partial charge in [0.1, 0.15) is 11.4 Å². The maximum atomic E-state index is 4.80. The lowest BCUT2D eigenvalue weighted by Gasteiger charge is -1.90. The molecule has 0 aromatic rings. The molecule has 0 bridgehead atoms. The lowest BCUT2D eigenvalue weighted by atomic mass is 10.2. The molecule has 0 aromatic heterocycles. The summed E-state index contributed by atoms with van der Waals surface area (Å²) >= 11 is 0. The molecule has 1 aliphatic heterocycles. The van der Waals surface area contributed by atoms with Crippen LogP contribution in [0.4, 0.5) is 0 Å². The molecule has 0 saturated heterocycles. The van der Waals surface area contributed by atoms with Gasteiger partial charge in [0.15, 0.2) is 5.76 Å². The zero-order chi connectivity index (χ0) is 8.27. The summed E-state index contributed by atoms with van der Waals surface area (Å²) in [7, 11) is 0. The standard InChI is InChI=1S/C8H10N2O/c1-4-5-9-8-6(2)10-11-7(8)3/h4-5H,3H2,1-2H3/b5-4-,9-8?. The van der Waals surface area contributed by atoms with Crippen LogP contribution in [0.5, 0.6) is 0 Å². The molecule has 0 fully saturated rings. The maximum absolute atomic E-state index is 4.80.